The summed E-state index contributed by atoms with van der Waals surface area (Å²) in [5, 5.41) is 1.26. The second kappa shape index (κ2) is 3.98. The van der Waals surface area contributed by atoms with Crippen LogP contribution in [0.1, 0.15) is 0 Å². The minimum Gasteiger partial charge on any atom is -0.384 e. The zero-order valence-electron chi connectivity index (χ0n) is 8.53. The average molecular weight is 245 g/mol. The van der Waals surface area contributed by atoms with E-state index in [9.17, 15) is 0 Å². The molecule has 0 radical (unpaired) electrons. The quantitative estimate of drug-likeness (QED) is 0.509. The summed E-state index contributed by atoms with van der Waals surface area (Å²) in [4.78, 5) is 23.4. The summed E-state index contributed by atoms with van der Waals surface area (Å²) in [7, 11) is 0. The topological polar surface area (TPSA) is 106 Å². The highest BCUT2D eigenvalue weighted by Crippen LogP contribution is 2.26. The molecular weight excluding hydrogens is 238 g/mol. The van der Waals surface area contributed by atoms with E-state index in [0.29, 0.717) is 16.6 Å². The Morgan fingerprint density at radius 3 is 3.00 bits per heavy atom. The SMILES string of the molecule is Nc1ccnc(Sc2ncnc3nc[nH]c23)n1. The first-order chi connectivity index (χ1) is 8.33. The van der Waals surface area contributed by atoms with Gasteiger partial charge in [-0.25, -0.2) is 24.9 Å². The van der Waals surface area contributed by atoms with Crippen molar-refractivity contribution in [2.24, 2.45) is 0 Å². The Balaban J connectivity index is 2.02. The minimum absolute atomic E-state index is 0.428. The van der Waals surface area contributed by atoms with Crippen LogP contribution in [0.4, 0.5) is 5.82 Å². The van der Waals surface area contributed by atoms with Crippen LogP contribution in [0.2, 0.25) is 0 Å². The van der Waals surface area contributed by atoms with Crippen molar-refractivity contribution in [3.05, 3.63) is 24.9 Å². The average Bonchev–Trinajstić information content (AvgIpc) is 2.78. The van der Waals surface area contributed by atoms with Crippen LogP contribution < -0.4 is 5.73 Å². The highest BCUT2D eigenvalue weighted by molar-refractivity contribution is 7.99. The van der Waals surface area contributed by atoms with Crippen molar-refractivity contribution in [3.63, 3.8) is 0 Å². The maximum atomic E-state index is 5.59. The van der Waals surface area contributed by atoms with E-state index in [-0.39, 0.29) is 0 Å². The van der Waals surface area contributed by atoms with Crippen LogP contribution in [0.25, 0.3) is 11.2 Å². The van der Waals surface area contributed by atoms with Crippen molar-refractivity contribution >= 4 is 28.7 Å². The summed E-state index contributed by atoms with van der Waals surface area (Å²) in [5.74, 6) is 0.428. The Morgan fingerprint density at radius 1 is 1.18 bits per heavy atom. The van der Waals surface area contributed by atoms with E-state index in [4.69, 9.17) is 5.73 Å². The van der Waals surface area contributed by atoms with Gasteiger partial charge in [-0.2, -0.15) is 0 Å². The number of hydrogen-bond acceptors (Lipinski definition) is 7. The zero-order chi connectivity index (χ0) is 11.7. The number of fused-ring (bicyclic) bond motifs is 1. The summed E-state index contributed by atoms with van der Waals surface area (Å²) in [6.07, 6.45) is 4.64. The molecule has 8 heteroatoms. The summed E-state index contributed by atoms with van der Waals surface area (Å²) in [5.41, 5.74) is 6.97. The lowest BCUT2D eigenvalue weighted by Gasteiger charge is -2.00. The molecule has 0 saturated heterocycles. The van der Waals surface area contributed by atoms with Gasteiger partial charge in [0.2, 0.25) is 0 Å². The number of anilines is 1. The van der Waals surface area contributed by atoms with E-state index in [1.807, 2.05) is 0 Å². The Labute approximate surface area is 99.9 Å². The lowest BCUT2D eigenvalue weighted by molar-refractivity contribution is 0.968. The molecule has 0 atom stereocenters. The van der Waals surface area contributed by atoms with Crippen molar-refractivity contribution in [1.82, 2.24) is 29.9 Å². The third-order valence-corrected chi connectivity index (χ3v) is 2.91. The fraction of sp³-hybridized carbons (Fsp3) is 0. The van der Waals surface area contributed by atoms with Gasteiger partial charge >= 0.3 is 0 Å². The molecule has 0 unspecified atom stereocenters. The molecule has 0 fully saturated rings. The minimum atomic E-state index is 0.428. The Hall–Kier alpha value is -2.22. The molecular formula is C9H7N7S. The van der Waals surface area contributed by atoms with Gasteiger partial charge in [0.05, 0.1) is 6.33 Å². The van der Waals surface area contributed by atoms with Crippen LogP contribution in [0, 0.1) is 0 Å². The molecule has 0 aliphatic rings. The van der Waals surface area contributed by atoms with Gasteiger partial charge in [-0.1, -0.05) is 0 Å². The van der Waals surface area contributed by atoms with Gasteiger partial charge in [-0.05, 0) is 17.8 Å². The van der Waals surface area contributed by atoms with Gasteiger partial charge in [-0.15, -0.1) is 0 Å². The Kier molecular flexibility index (Phi) is 2.33. The van der Waals surface area contributed by atoms with Gasteiger partial charge < -0.3 is 10.7 Å². The van der Waals surface area contributed by atoms with Crippen molar-refractivity contribution in [1.29, 1.82) is 0 Å². The number of nitrogen functional groups attached to an aromatic ring is 1. The van der Waals surface area contributed by atoms with E-state index in [2.05, 4.69) is 29.9 Å². The lowest BCUT2D eigenvalue weighted by Crippen LogP contribution is -1.94. The summed E-state index contributed by atoms with van der Waals surface area (Å²) < 4.78 is 0. The van der Waals surface area contributed by atoms with Crippen molar-refractivity contribution in [2.75, 3.05) is 5.73 Å². The standard InChI is InChI=1S/C9H7N7S/c10-5-1-2-11-9(16-5)17-8-6-7(13-3-12-6)14-4-15-8/h1-4H,(H2,10,11,16)(H,12,13,14,15). The number of hydrogen-bond donors (Lipinski definition) is 2. The third-order valence-electron chi connectivity index (χ3n) is 2.03. The van der Waals surface area contributed by atoms with Crippen LogP contribution >= 0.6 is 11.8 Å². The highest BCUT2D eigenvalue weighted by Gasteiger charge is 2.09. The number of rotatable bonds is 2. The molecule has 0 aliphatic carbocycles. The molecule has 84 valence electrons. The fourth-order valence-corrected chi connectivity index (χ4v) is 2.10. The van der Waals surface area contributed by atoms with Crippen molar-refractivity contribution in [2.45, 2.75) is 10.2 Å². The molecule has 0 saturated carbocycles. The first-order valence-corrected chi connectivity index (χ1v) is 5.55. The monoisotopic (exact) mass is 245 g/mol. The number of nitrogens with two attached hydrogens (primary N) is 1. The lowest BCUT2D eigenvalue weighted by atomic mass is 10.6. The molecule has 3 N–H and O–H groups in total. The van der Waals surface area contributed by atoms with Crippen molar-refractivity contribution in [3.8, 4) is 0 Å². The molecule has 0 aliphatic heterocycles. The Bertz CT molecular complexity index is 665. The zero-order valence-corrected chi connectivity index (χ0v) is 9.35. The van der Waals surface area contributed by atoms with E-state index in [1.54, 1.807) is 18.6 Å². The normalized spacial score (nSPS) is 10.8. The van der Waals surface area contributed by atoms with Crippen LogP contribution in [0.5, 0.6) is 0 Å². The third kappa shape index (κ3) is 1.89. The number of H-pyrrole nitrogens is 1. The molecule has 0 aromatic carbocycles. The molecule has 0 amide bonds. The number of nitrogens with one attached hydrogen (secondary N) is 1. The molecule has 3 rings (SSSR count). The number of nitrogens with zero attached hydrogens (tertiary/aromatic N) is 5. The molecule has 17 heavy (non-hydrogen) atoms. The van der Waals surface area contributed by atoms with Gasteiger partial charge in [0.25, 0.3) is 0 Å². The van der Waals surface area contributed by atoms with E-state index in [1.165, 1.54) is 18.1 Å². The number of aromatic nitrogens is 6. The van der Waals surface area contributed by atoms with Gasteiger partial charge in [0, 0.05) is 6.20 Å². The number of aromatic amines is 1. The largest absolute Gasteiger partial charge is 0.384 e. The second-order valence-electron chi connectivity index (χ2n) is 3.15. The van der Waals surface area contributed by atoms with Crippen LogP contribution in [0.15, 0.2) is 35.1 Å². The molecule has 7 nitrogen and oxygen atoms in total. The molecule has 3 aromatic rings. The first kappa shape index (κ1) is 9.97. The number of imidazole rings is 1. The highest BCUT2D eigenvalue weighted by atomic mass is 32.2. The van der Waals surface area contributed by atoms with E-state index in [0.717, 1.165) is 10.5 Å². The fourth-order valence-electron chi connectivity index (χ4n) is 1.31. The van der Waals surface area contributed by atoms with Crippen LogP contribution in [-0.2, 0) is 0 Å². The van der Waals surface area contributed by atoms with Crippen molar-refractivity contribution < 1.29 is 0 Å². The van der Waals surface area contributed by atoms with Crippen LogP contribution in [-0.4, -0.2) is 29.9 Å². The van der Waals surface area contributed by atoms with E-state index >= 15 is 0 Å². The maximum Gasteiger partial charge on any atom is 0.195 e. The first-order valence-electron chi connectivity index (χ1n) is 4.73. The van der Waals surface area contributed by atoms with Gasteiger partial charge in [-0.3, -0.25) is 0 Å². The molecule has 0 bridgehead atoms. The van der Waals surface area contributed by atoms with Crippen LogP contribution in [0.3, 0.4) is 0 Å². The van der Waals surface area contributed by atoms with Gasteiger partial charge in [0.1, 0.15) is 22.7 Å². The summed E-state index contributed by atoms with van der Waals surface area (Å²) in [6.45, 7) is 0. The molecule has 3 heterocycles. The molecule has 3 aromatic heterocycles. The smallest absolute Gasteiger partial charge is 0.195 e. The Morgan fingerprint density at radius 2 is 2.12 bits per heavy atom. The summed E-state index contributed by atoms with van der Waals surface area (Å²) >= 11 is 1.31. The maximum absolute atomic E-state index is 5.59. The summed E-state index contributed by atoms with van der Waals surface area (Å²) in [6, 6.07) is 1.63. The predicted molar refractivity (Wildman–Crippen MR) is 62.3 cm³/mol. The predicted octanol–water partition coefficient (Wildman–Crippen LogP) is 0.876. The second-order valence-corrected chi connectivity index (χ2v) is 4.10. The molecule has 0 spiro atoms. The van der Waals surface area contributed by atoms with E-state index < -0.39 is 0 Å². The van der Waals surface area contributed by atoms with Gasteiger partial charge in [0.15, 0.2) is 10.8 Å².